The molecule has 0 atom stereocenters. The van der Waals surface area contributed by atoms with Crippen LogP contribution in [0.25, 0.3) is 0 Å². The van der Waals surface area contributed by atoms with E-state index in [4.69, 9.17) is 4.74 Å². The van der Waals surface area contributed by atoms with Gasteiger partial charge in [-0.3, -0.25) is 14.8 Å². The highest BCUT2D eigenvalue weighted by molar-refractivity contribution is 5.92. The van der Waals surface area contributed by atoms with Crippen molar-refractivity contribution >= 4 is 11.7 Å². The van der Waals surface area contributed by atoms with Crippen molar-refractivity contribution in [3.63, 3.8) is 0 Å². The van der Waals surface area contributed by atoms with E-state index in [0.29, 0.717) is 5.82 Å². The van der Waals surface area contributed by atoms with Crippen molar-refractivity contribution in [2.45, 2.75) is 19.3 Å². The van der Waals surface area contributed by atoms with Gasteiger partial charge in [-0.15, -0.1) is 0 Å². The summed E-state index contributed by atoms with van der Waals surface area (Å²) in [6.45, 7) is 0.0160. The number of fused-ring (bicyclic) bond motifs is 1. The summed E-state index contributed by atoms with van der Waals surface area (Å²) in [5.74, 6) is 1.22. The number of anilines is 1. The van der Waals surface area contributed by atoms with Crippen LogP contribution in [-0.4, -0.2) is 29.8 Å². The Morgan fingerprint density at radius 2 is 2.20 bits per heavy atom. The third-order valence-electron chi connectivity index (χ3n) is 3.64. The monoisotopic (exact) mass is 271 g/mol. The normalized spacial score (nSPS) is 13.1. The molecule has 2 aromatic rings. The number of H-pyrrole nitrogens is 1. The summed E-state index contributed by atoms with van der Waals surface area (Å²) in [4.78, 5) is 13.5. The fraction of sp³-hybridized carbons (Fsp3) is 0.333. The zero-order valence-corrected chi connectivity index (χ0v) is 11.4. The summed E-state index contributed by atoms with van der Waals surface area (Å²) < 4.78 is 5.58. The summed E-state index contributed by atoms with van der Waals surface area (Å²) in [6.07, 6.45) is 5.14. The Kier molecular flexibility index (Phi) is 3.41. The highest BCUT2D eigenvalue weighted by Gasteiger charge is 2.15. The molecule has 1 aromatic carbocycles. The summed E-state index contributed by atoms with van der Waals surface area (Å²) in [5, 5.41) is 6.65. The van der Waals surface area contributed by atoms with E-state index >= 15 is 0 Å². The highest BCUT2D eigenvalue weighted by atomic mass is 16.5. The van der Waals surface area contributed by atoms with Crippen molar-refractivity contribution in [1.82, 2.24) is 10.2 Å². The molecular weight excluding hydrogens is 254 g/mol. The quantitative estimate of drug-likeness (QED) is 0.924. The summed E-state index contributed by atoms with van der Waals surface area (Å²) in [7, 11) is 1.69. The predicted molar refractivity (Wildman–Crippen MR) is 76.0 cm³/mol. The lowest BCUT2D eigenvalue weighted by atomic mass is 10.1. The number of carbonyl (C=O) groups excluding carboxylic acids is 1. The van der Waals surface area contributed by atoms with Crippen LogP contribution in [0, 0.1) is 0 Å². The van der Waals surface area contributed by atoms with Gasteiger partial charge in [-0.05, 0) is 42.5 Å². The van der Waals surface area contributed by atoms with Crippen molar-refractivity contribution in [3.8, 4) is 5.75 Å². The molecule has 0 spiro atoms. The molecule has 0 saturated heterocycles. The Labute approximate surface area is 117 Å². The first-order valence-corrected chi connectivity index (χ1v) is 6.75. The van der Waals surface area contributed by atoms with E-state index in [9.17, 15) is 4.79 Å². The van der Waals surface area contributed by atoms with Gasteiger partial charge in [0.1, 0.15) is 5.75 Å². The van der Waals surface area contributed by atoms with E-state index in [2.05, 4.69) is 16.3 Å². The molecule has 5 nitrogen and oxygen atoms in total. The minimum Gasteiger partial charge on any atom is -0.484 e. The Balaban J connectivity index is 1.60. The Morgan fingerprint density at radius 3 is 3.00 bits per heavy atom. The lowest BCUT2D eigenvalue weighted by Gasteiger charge is -2.14. The second-order valence-electron chi connectivity index (χ2n) is 4.96. The average molecular weight is 271 g/mol. The van der Waals surface area contributed by atoms with Crippen molar-refractivity contribution in [1.29, 1.82) is 0 Å². The predicted octanol–water partition coefficient (Wildman–Crippen LogP) is 1.94. The SMILES string of the molecule is CN(C(=O)COc1ccc2c(c1)CCC2)c1cc[nH]n1. The third kappa shape index (κ3) is 2.52. The molecule has 0 saturated carbocycles. The van der Waals surface area contributed by atoms with Gasteiger partial charge in [0.15, 0.2) is 12.4 Å². The van der Waals surface area contributed by atoms with Gasteiger partial charge in [-0.2, -0.15) is 5.10 Å². The number of aryl methyl sites for hydroxylation is 2. The van der Waals surface area contributed by atoms with Crippen molar-refractivity contribution in [2.24, 2.45) is 0 Å². The lowest BCUT2D eigenvalue weighted by molar-refractivity contribution is -0.120. The van der Waals surface area contributed by atoms with Gasteiger partial charge in [-0.1, -0.05) is 6.07 Å². The van der Waals surface area contributed by atoms with Crippen LogP contribution in [0.15, 0.2) is 30.5 Å². The largest absolute Gasteiger partial charge is 0.484 e. The van der Waals surface area contributed by atoms with Crippen LogP contribution < -0.4 is 9.64 Å². The highest BCUT2D eigenvalue weighted by Crippen LogP contribution is 2.26. The molecule has 0 radical (unpaired) electrons. The smallest absolute Gasteiger partial charge is 0.265 e. The molecule has 0 bridgehead atoms. The van der Waals surface area contributed by atoms with Gasteiger partial charge in [0.25, 0.3) is 5.91 Å². The van der Waals surface area contributed by atoms with Crippen LogP contribution in [-0.2, 0) is 17.6 Å². The van der Waals surface area contributed by atoms with Crippen LogP contribution in [0.2, 0.25) is 0 Å². The maximum absolute atomic E-state index is 12.0. The maximum Gasteiger partial charge on any atom is 0.265 e. The minimum absolute atomic E-state index is 0.0160. The first-order chi connectivity index (χ1) is 9.74. The van der Waals surface area contributed by atoms with E-state index in [1.54, 1.807) is 19.3 Å². The number of aromatic amines is 1. The fourth-order valence-corrected chi connectivity index (χ4v) is 2.45. The van der Waals surface area contributed by atoms with E-state index in [-0.39, 0.29) is 12.5 Å². The van der Waals surface area contributed by atoms with E-state index in [1.165, 1.54) is 22.4 Å². The van der Waals surface area contributed by atoms with Gasteiger partial charge >= 0.3 is 0 Å². The summed E-state index contributed by atoms with van der Waals surface area (Å²) in [5.41, 5.74) is 2.74. The first kappa shape index (κ1) is 12.7. The molecule has 0 aliphatic heterocycles. The van der Waals surface area contributed by atoms with E-state index in [1.807, 2.05) is 12.1 Å². The number of nitrogens with zero attached hydrogens (tertiary/aromatic N) is 2. The standard InChI is InChI=1S/C15H17N3O2/c1-18(14-7-8-16-17-14)15(19)10-20-13-6-5-11-3-2-4-12(11)9-13/h5-9H,2-4,10H2,1H3,(H,16,17). The molecule has 1 heterocycles. The number of rotatable bonds is 4. The van der Waals surface area contributed by atoms with Crippen molar-refractivity contribution < 1.29 is 9.53 Å². The molecule has 0 fully saturated rings. The van der Waals surface area contributed by atoms with Gasteiger partial charge < -0.3 is 4.74 Å². The maximum atomic E-state index is 12.0. The number of nitrogens with one attached hydrogen (secondary N) is 1. The number of amides is 1. The molecule has 1 aromatic heterocycles. The Morgan fingerprint density at radius 1 is 1.35 bits per heavy atom. The fourth-order valence-electron chi connectivity index (χ4n) is 2.45. The molecule has 3 rings (SSSR count). The van der Waals surface area contributed by atoms with Crippen LogP contribution in [0.3, 0.4) is 0 Å². The number of carbonyl (C=O) groups is 1. The van der Waals surface area contributed by atoms with Crippen molar-refractivity contribution in [2.75, 3.05) is 18.6 Å². The van der Waals surface area contributed by atoms with Gasteiger partial charge in [0.05, 0.1) is 0 Å². The van der Waals surface area contributed by atoms with E-state index in [0.717, 1.165) is 18.6 Å². The van der Waals surface area contributed by atoms with E-state index < -0.39 is 0 Å². The number of likely N-dealkylation sites (N-methyl/N-ethyl adjacent to an activating group) is 1. The van der Waals surface area contributed by atoms with Gasteiger partial charge in [0, 0.05) is 19.3 Å². The number of benzene rings is 1. The summed E-state index contributed by atoms with van der Waals surface area (Å²) >= 11 is 0. The molecule has 104 valence electrons. The average Bonchev–Trinajstić information content (AvgIpc) is 3.13. The second kappa shape index (κ2) is 5.36. The number of hydrogen-bond acceptors (Lipinski definition) is 3. The zero-order valence-electron chi connectivity index (χ0n) is 11.4. The molecule has 0 unspecified atom stereocenters. The molecule has 1 amide bonds. The molecule has 1 aliphatic carbocycles. The van der Waals surface area contributed by atoms with Crippen LogP contribution in [0.1, 0.15) is 17.5 Å². The number of aromatic nitrogens is 2. The lowest BCUT2D eigenvalue weighted by Crippen LogP contribution is -2.31. The van der Waals surface area contributed by atoms with Crippen molar-refractivity contribution in [3.05, 3.63) is 41.6 Å². The first-order valence-electron chi connectivity index (χ1n) is 6.75. The topological polar surface area (TPSA) is 58.2 Å². The zero-order chi connectivity index (χ0) is 13.9. The molecule has 5 heteroatoms. The van der Waals surface area contributed by atoms with Crippen LogP contribution >= 0.6 is 0 Å². The van der Waals surface area contributed by atoms with Crippen LogP contribution in [0.4, 0.5) is 5.82 Å². The molecule has 1 aliphatic rings. The Bertz CT molecular complexity index is 608. The molecule has 1 N–H and O–H groups in total. The number of ether oxygens (including phenoxy) is 1. The summed E-state index contributed by atoms with van der Waals surface area (Å²) in [6, 6.07) is 7.82. The minimum atomic E-state index is -0.127. The Hall–Kier alpha value is -2.30. The molecular formula is C15H17N3O2. The van der Waals surface area contributed by atoms with Gasteiger partial charge in [0.2, 0.25) is 0 Å². The second-order valence-corrected chi connectivity index (χ2v) is 4.96. The molecule has 20 heavy (non-hydrogen) atoms. The third-order valence-corrected chi connectivity index (χ3v) is 3.64. The van der Waals surface area contributed by atoms with Gasteiger partial charge in [-0.25, -0.2) is 0 Å². The van der Waals surface area contributed by atoms with Crippen LogP contribution in [0.5, 0.6) is 5.75 Å². The number of hydrogen-bond donors (Lipinski definition) is 1.